The van der Waals surface area contributed by atoms with Crippen LogP contribution in [0, 0.1) is 5.92 Å². The third-order valence-electron chi connectivity index (χ3n) is 4.74. The normalized spacial score (nSPS) is 22.5. The van der Waals surface area contributed by atoms with Gasteiger partial charge in [-0.3, -0.25) is 4.90 Å². The lowest BCUT2D eigenvalue weighted by Gasteiger charge is -2.35. The third-order valence-corrected chi connectivity index (χ3v) is 4.74. The largest absolute Gasteiger partial charge is 0.379 e. The van der Waals surface area contributed by atoms with Crippen LogP contribution in [0.5, 0.6) is 0 Å². The van der Waals surface area contributed by atoms with E-state index < -0.39 is 0 Å². The fourth-order valence-corrected chi connectivity index (χ4v) is 3.54. The fourth-order valence-electron chi connectivity index (χ4n) is 3.54. The molecule has 1 saturated carbocycles. The summed E-state index contributed by atoms with van der Waals surface area (Å²) < 4.78 is 5.44. The van der Waals surface area contributed by atoms with Crippen molar-refractivity contribution in [3.63, 3.8) is 0 Å². The first-order chi connectivity index (χ1) is 10.6. The molecule has 5 heteroatoms. The van der Waals surface area contributed by atoms with Gasteiger partial charge in [-0.15, -0.1) is 0 Å². The Morgan fingerprint density at radius 2 is 1.86 bits per heavy atom. The van der Waals surface area contributed by atoms with Crippen LogP contribution in [-0.4, -0.2) is 55.9 Å². The van der Waals surface area contributed by atoms with Crippen LogP contribution in [0.4, 0.5) is 4.79 Å². The van der Waals surface area contributed by atoms with E-state index in [1.807, 2.05) is 0 Å². The summed E-state index contributed by atoms with van der Waals surface area (Å²) >= 11 is 0. The lowest BCUT2D eigenvalue weighted by atomic mass is 9.96. The van der Waals surface area contributed by atoms with E-state index in [0.29, 0.717) is 18.0 Å². The summed E-state index contributed by atoms with van der Waals surface area (Å²) in [6, 6.07) is 0.801. The van der Waals surface area contributed by atoms with E-state index in [1.165, 1.54) is 19.3 Å². The third kappa shape index (κ3) is 6.13. The first kappa shape index (κ1) is 17.5. The van der Waals surface area contributed by atoms with Crippen LogP contribution < -0.4 is 10.6 Å². The summed E-state index contributed by atoms with van der Waals surface area (Å²) in [5.41, 5.74) is 0. The highest BCUT2D eigenvalue weighted by Gasteiger charge is 2.23. The number of carbonyl (C=O) groups excluding carboxylic acids is 1. The molecule has 2 amide bonds. The summed E-state index contributed by atoms with van der Waals surface area (Å²) in [7, 11) is 0. The van der Waals surface area contributed by atoms with E-state index in [-0.39, 0.29) is 6.03 Å². The minimum Gasteiger partial charge on any atom is -0.379 e. The van der Waals surface area contributed by atoms with Crippen LogP contribution in [0.15, 0.2) is 0 Å². The number of nitrogens with one attached hydrogen (secondary N) is 2. The minimum atomic E-state index is 0.00826. The van der Waals surface area contributed by atoms with Gasteiger partial charge in [-0.2, -0.15) is 0 Å². The molecule has 1 saturated heterocycles. The summed E-state index contributed by atoms with van der Waals surface area (Å²) in [4.78, 5) is 14.6. The second kappa shape index (κ2) is 9.36. The molecule has 2 N–H and O–H groups in total. The number of amides is 2. The van der Waals surface area contributed by atoms with Gasteiger partial charge in [0.05, 0.1) is 13.2 Å². The molecule has 2 rings (SSSR count). The fraction of sp³-hybridized carbons (Fsp3) is 0.941. The number of hydrogen-bond donors (Lipinski definition) is 2. The highest BCUT2D eigenvalue weighted by Crippen LogP contribution is 2.17. The Labute approximate surface area is 135 Å². The van der Waals surface area contributed by atoms with Crippen LogP contribution in [0.3, 0.4) is 0 Å². The van der Waals surface area contributed by atoms with Gasteiger partial charge in [0.15, 0.2) is 0 Å². The van der Waals surface area contributed by atoms with Gasteiger partial charge in [-0.05, 0) is 25.2 Å². The van der Waals surface area contributed by atoms with Crippen LogP contribution in [0.2, 0.25) is 0 Å². The summed E-state index contributed by atoms with van der Waals surface area (Å²) in [6.07, 6.45) is 7.18. The van der Waals surface area contributed by atoms with Crippen LogP contribution >= 0.6 is 0 Å². The monoisotopic (exact) mass is 311 g/mol. The van der Waals surface area contributed by atoms with Gasteiger partial charge in [0.25, 0.3) is 0 Å². The quantitative estimate of drug-likeness (QED) is 0.792. The summed E-state index contributed by atoms with van der Waals surface area (Å²) in [5.74, 6) is 0.635. The van der Waals surface area contributed by atoms with Crippen molar-refractivity contribution < 1.29 is 9.53 Å². The zero-order valence-corrected chi connectivity index (χ0v) is 14.3. The predicted molar refractivity (Wildman–Crippen MR) is 89.0 cm³/mol. The number of urea groups is 1. The first-order valence-corrected chi connectivity index (χ1v) is 9.01. The van der Waals surface area contributed by atoms with E-state index in [1.54, 1.807) is 0 Å². The van der Waals surface area contributed by atoms with Gasteiger partial charge in [-0.1, -0.05) is 33.1 Å². The lowest BCUT2D eigenvalue weighted by molar-refractivity contribution is 0.0129. The topological polar surface area (TPSA) is 53.6 Å². The lowest BCUT2D eigenvalue weighted by Crippen LogP contribution is -2.51. The molecule has 22 heavy (non-hydrogen) atoms. The van der Waals surface area contributed by atoms with Crippen LogP contribution in [-0.2, 0) is 4.74 Å². The molecule has 0 bridgehead atoms. The van der Waals surface area contributed by atoms with Crippen molar-refractivity contribution in [3.8, 4) is 0 Å². The molecule has 0 aromatic carbocycles. The average Bonchev–Trinajstić information content (AvgIpc) is 2.53. The number of nitrogens with zero attached hydrogens (tertiary/aromatic N) is 1. The van der Waals surface area contributed by atoms with Gasteiger partial charge >= 0.3 is 6.03 Å². The number of ether oxygens (including phenoxy) is 1. The molecular formula is C17H33N3O2. The Morgan fingerprint density at radius 3 is 2.50 bits per heavy atom. The molecule has 0 spiro atoms. The Balaban J connectivity index is 1.75. The number of carbonyl (C=O) groups is 1. The maximum Gasteiger partial charge on any atom is 0.315 e. The van der Waals surface area contributed by atoms with Crippen molar-refractivity contribution in [2.75, 3.05) is 32.8 Å². The zero-order valence-electron chi connectivity index (χ0n) is 14.3. The van der Waals surface area contributed by atoms with Crippen LogP contribution in [0.1, 0.15) is 52.4 Å². The van der Waals surface area contributed by atoms with E-state index in [0.717, 1.165) is 52.1 Å². The molecule has 1 atom stereocenters. The highest BCUT2D eigenvalue weighted by molar-refractivity contribution is 5.74. The highest BCUT2D eigenvalue weighted by atomic mass is 16.5. The van der Waals surface area contributed by atoms with Gasteiger partial charge in [0.2, 0.25) is 0 Å². The van der Waals surface area contributed by atoms with E-state index in [4.69, 9.17) is 4.74 Å². The van der Waals surface area contributed by atoms with Crippen molar-refractivity contribution in [1.29, 1.82) is 0 Å². The SMILES string of the molecule is CC(C)CC(CNC(=O)NC1CCCCC1)N1CCOCC1. The Hall–Kier alpha value is -0.810. The molecule has 0 aromatic rings. The van der Waals surface area contributed by atoms with Crippen LogP contribution in [0.25, 0.3) is 0 Å². The van der Waals surface area contributed by atoms with Crippen molar-refractivity contribution in [3.05, 3.63) is 0 Å². The maximum atomic E-state index is 12.1. The number of hydrogen-bond acceptors (Lipinski definition) is 3. The van der Waals surface area contributed by atoms with Gasteiger partial charge in [-0.25, -0.2) is 4.79 Å². The molecule has 2 aliphatic rings. The molecule has 128 valence electrons. The Kier molecular flexibility index (Phi) is 7.46. The summed E-state index contributed by atoms with van der Waals surface area (Å²) in [6.45, 7) is 8.79. The maximum absolute atomic E-state index is 12.1. The Morgan fingerprint density at radius 1 is 1.18 bits per heavy atom. The van der Waals surface area contributed by atoms with Gasteiger partial charge < -0.3 is 15.4 Å². The van der Waals surface area contributed by atoms with Gasteiger partial charge in [0, 0.05) is 31.7 Å². The standard InChI is InChI=1S/C17H33N3O2/c1-14(2)12-16(20-8-10-22-11-9-20)13-18-17(21)19-15-6-4-3-5-7-15/h14-16H,3-13H2,1-2H3,(H2,18,19,21). The van der Waals surface area contributed by atoms with Crippen molar-refractivity contribution in [2.24, 2.45) is 5.92 Å². The Bertz CT molecular complexity index is 324. The van der Waals surface area contributed by atoms with E-state index in [9.17, 15) is 4.79 Å². The predicted octanol–water partition coefficient (Wildman–Crippen LogP) is 2.37. The molecule has 5 nitrogen and oxygen atoms in total. The average molecular weight is 311 g/mol. The molecule has 0 radical (unpaired) electrons. The smallest absolute Gasteiger partial charge is 0.315 e. The number of morpholine rings is 1. The van der Waals surface area contributed by atoms with Crippen molar-refractivity contribution in [1.82, 2.24) is 15.5 Å². The zero-order chi connectivity index (χ0) is 15.8. The molecule has 0 aromatic heterocycles. The second-order valence-electron chi connectivity index (χ2n) is 7.12. The number of rotatable bonds is 6. The minimum absolute atomic E-state index is 0.00826. The first-order valence-electron chi connectivity index (χ1n) is 9.01. The molecule has 2 fully saturated rings. The van der Waals surface area contributed by atoms with Crippen molar-refractivity contribution >= 4 is 6.03 Å². The molecule has 1 aliphatic carbocycles. The molecule has 1 aliphatic heterocycles. The molecular weight excluding hydrogens is 278 g/mol. The van der Waals surface area contributed by atoms with Crippen molar-refractivity contribution in [2.45, 2.75) is 64.5 Å². The molecule has 1 unspecified atom stereocenters. The molecule has 1 heterocycles. The second-order valence-corrected chi connectivity index (χ2v) is 7.12. The van der Waals surface area contributed by atoms with E-state index in [2.05, 4.69) is 29.4 Å². The van der Waals surface area contributed by atoms with E-state index >= 15 is 0 Å². The summed E-state index contributed by atoms with van der Waals surface area (Å²) in [5, 5.41) is 6.24. The van der Waals surface area contributed by atoms with Gasteiger partial charge in [0.1, 0.15) is 0 Å².